The Labute approximate surface area is 699 Å². The molecule has 122 heavy (non-hydrogen) atoms. The average molecular weight is 1560 g/mol. The molecule has 0 saturated heterocycles. The topological polar surface area (TPSA) is 118 Å². The Hall–Kier alpha value is -16.2. The SMILES string of the molecule is CC1(C)c2ccccc2-c2ccc3c4ccccc4n(-c4cc(-c5ccccc5)c5oc6cc(-c7nc(-c8ccccc8)nc(-c8ccc(-c9ccc%10c(c9)c9cc%11c%12ccccc%12n(-c%12cc(-c%13ccccc%13)c%13oc%14cc(-c%15nc(-c%16ccccc%16)nc(-c%16ccccc%16)n%15)ccc%14c%13c%12)c%11cc9n%10-c9ccccc9)cc8)n7)ccc6c5c4)c3c21. The summed E-state index contributed by atoms with van der Waals surface area (Å²) in [5.74, 6) is 3.43. The lowest BCUT2D eigenvalue weighted by Crippen LogP contribution is -2.16. The molecular formula is C111H69N9O2. The maximum Gasteiger partial charge on any atom is 0.164 e. The van der Waals surface area contributed by atoms with Crippen LogP contribution in [0.2, 0.25) is 0 Å². The third kappa shape index (κ3) is 10.8. The van der Waals surface area contributed by atoms with Gasteiger partial charge in [0, 0.05) is 121 Å². The van der Waals surface area contributed by atoms with Crippen LogP contribution in [0.15, 0.2) is 391 Å². The summed E-state index contributed by atoms with van der Waals surface area (Å²) in [4.78, 5) is 31.1. The molecule has 0 saturated carbocycles. The van der Waals surface area contributed by atoms with Gasteiger partial charge in [0.25, 0.3) is 0 Å². The van der Waals surface area contributed by atoms with Crippen LogP contribution < -0.4 is 0 Å². The Kier molecular flexibility index (Phi) is 15.2. The summed E-state index contributed by atoms with van der Waals surface area (Å²) in [7, 11) is 0. The molecule has 1 aliphatic carbocycles. The van der Waals surface area contributed by atoms with Gasteiger partial charge in [0.2, 0.25) is 0 Å². The largest absolute Gasteiger partial charge is 0.455 e. The van der Waals surface area contributed by atoms with E-state index in [1.807, 2.05) is 78.9 Å². The number of furan rings is 2. The van der Waals surface area contributed by atoms with Crippen molar-refractivity contribution in [2.75, 3.05) is 0 Å². The van der Waals surface area contributed by atoms with Crippen LogP contribution in [-0.2, 0) is 5.41 Å². The maximum atomic E-state index is 7.19. The summed E-state index contributed by atoms with van der Waals surface area (Å²) >= 11 is 0. The highest BCUT2D eigenvalue weighted by Gasteiger charge is 2.39. The second-order valence-electron chi connectivity index (χ2n) is 32.4. The van der Waals surface area contributed by atoms with Gasteiger partial charge in [0.1, 0.15) is 22.3 Å². The number of para-hydroxylation sites is 3. The van der Waals surface area contributed by atoms with Gasteiger partial charge in [-0.1, -0.05) is 299 Å². The Morgan fingerprint density at radius 3 is 1.12 bits per heavy atom. The third-order valence-corrected chi connectivity index (χ3v) is 25.1. The quantitative estimate of drug-likeness (QED) is 0.119. The molecule has 570 valence electrons. The number of fused-ring (bicyclic) bond motifs is 19. The Morgan fingerprint density at radius 1 is 0.213 bits per heavy atom. The number of rotatable bonds is 12. The van der Waals surface area contributed by atoms with Crippen LogP contribution in [0.5, 0.6) is 0 Å². The fourth-order valence-electron chi connectivity index (χ4n) is 19.4. The molecule has 7 heterocycles. The van der Waals surface area contributed by atoms with Crippen molar-refractivity contribution < 1.29 is 8.83 Å². The molecule has 0 amide bonds. The van der Waals surface area contributed by atoms with Crippen LogP contribution in [0.4, 0.5) is 0 Å². The van der Waals surface area contributed by atoms with Gasteiger partial charge in [-0.25, -0.2) is 29.9 Å². The zero-order valence-electron chi connectivity index (χ0n) is 66.2. The average Bonchev–Trinajstić information content (AvgIpc) is 1.53. The highest BCUT2D eigenvalue weighted by Crippen LogP contribution is 2.54. The van der Waals surface area contributed by atoms with E-state index >= 15 is 0 Å². The number of hydrogen-bond acceptors (Lipinski definition) is 8. The lowest BCUT2D eigenvalue weighted by molar-refractivity contribution is 0.663. The van der Waals surface area contributed by atoms with E-state index in [0.29, 0.717) is 34.9 Å². The number of hydrogen-bond donors (Lipinski definition) is 0. The molecular weight excluding hydrogens is 1490 g/mol. The summed E-state index contributed by atoms with van der Waals surface area (Å²) in [5, 5.41) is 11.0. The van der Waals surface area contributed by atoms with E-state index in [2.05, 4.69) is 331 Å². The van der Waals surface area contributed by atoms with Gasteiger partial charge in [-0.2, -0.15) is 0 Å². The van der Waals surface area contributed by atoms with Crippen LogP contribution in [0.1, 0.15) is 25.0 Å². The summed E-state index contributed by atoms with van der Waals surface area (Å²) in [5.41, 5.74) is 29.4. The smallest absolute Gasteiger partial charge is 0.164 e. The van der Waals surface area contributed by atoms with Crippen molar-refractivity contribution in [2.24, 2.45) is 0 Å². The summed E-state index contributed by atoms with van der Waals surface area (Å²) in [6.07, 6.45) is 0. The van der Waals surface area contributed by atoms with Crippen LogP contribution in [-0.4, -0.2) is 43.6 Å². The van der Waals surface area contributed by atoms with E-state index in [-0.39, 0.29) is 5.41 Å². The Balaban J connectivity index is 0.599. The van der Waals surface area contributed by atoms with Gasteiger partial charge in [0.15, 0.2) is 34.9 Å². The van der Waals surface area contributed by atoms with Gasteiger partial charge in [-0.15, -0.1) is 0 Å². The second-order valence-corrected chi connectivity index (χ2v) is 32.4. The zero-order valence-corrected chi connectivity index (χ0v) is 66.2. The molecule has 11 heteroatoms. The number of aromatic nitrogens is 9. The van der Waals surface area contributed by atoms with E-state index < -0.39 is 0 Å². The van der Waals surface area contributed by atoms with E-state index in [0.717, 1.165) is 177 Å². The van der Waals surface area contributed by atoms with Gasteiger partial charge < -0.3 is 22.5 Å². The van der Waals surface area contributed by atoms with Crippen molar-refractivity contribution in [2.45, 2.75) is 19.3 Å². The van der Waals surface area contributed by atoms with Gasteiger partial charge >= 0.3 is 0 Å². The van der Waals surface area contributed by atoms with Crippen LogP contribution in [0, 0.1) is 0 Å². The predicted octanol–water partition coefficient (Wildman–Crippen LogP) is 28.5. The lowest BCUT2D eigenvalue weighted by atomic mass is 9.81. The zero-order chi connectivity index (χ0) is 80.4. The monoisotopic (exact) mass is 1560 g/mol. The minimum absolute atomic E-state index is 0.248. The number of nitrogens with zero attached hydrogens (tertiary/aromatic N) is 9. The summed E-state index contributed by atoms with van der Waals surface area (Å²) in [6.45, 7) is 4.76. The lowest BCUT2D eigenvalue weighted by Gasteiger charge is -2.24. The van der Waals surface area contributed by atoms with E-state index in [1.165, 1.54) is 38.5 Å². The predicted molar refractivity (Wildman–Crippen MR) is 497 cm³/mol. The van der Waals surface area contributed by atoms with Crippen molar-refractivity contribution in [3.05, 3.63) is 393 Å². The molecule has 24 aromatic rings. The first-order valence-corrected chi connectivity index (χ1v) is 41.4. The van der Waals surface area contributed by atoms with Crippen molar-refractivity contribution in [1.82, 2.24) is 43.6 Å². The van der Waals surface area contributed by atoms with Crippen molar-refractivity contribution in [3.63, 3.8) is 0 Å². The molecule has 11 nitrogen and oxygen atoms in total. The Bertz CT molecular complexity index is 8380. The molecule has 0 bridgehead atoms. The maximum absolute atomic E-state index is 7.19. The van der Waals surface area contributed by atoms with Gasteiger partial charge in [-0.05, 0) is 142 Å². The molecule has 0 spiro atoms. The minimum atomic E-state index is -0.248. The standard InChI is InChI=1S/C111H69N9O2/c1-111(2)93-42-24-21-39-79(93)84-54-55-85-80-40-22-26-44-95(80)120(102(85)101(84)111)78-61-87(68-29-11-4-12-30-68)104-92(63-78)83-53-50-75(59-100(83)122-104)110-116-107(71-35-17-7-18-36-71)113-108(117-110)72-47-45-66(46-48-72)73-51-56-96-88(57-73)90-64-89-81-41-23-25-43-94(81)119(97(89)65-98(90)118(96)76-37-19-8-20-38-76)77-60-86(67-27-9-3-10-28-67)103-91(62-77)82-52-49-74(58-99(82)121-103)109-114-105(69-31-13-5-14-32-69)112-106(115-109)70-33-15-6-16-34-70/h3-65H,1-2H3. The first-order valence-electron chi connectivity index (χ1n) is 41.4. The molecule has 0 N–H and O–H groups in total. The molecule has 0 atom stereocenters. The highest BCUT2D eigenvalue weighted by molar-refractivity contribution is 6.21. The minimum Gasteiger partial charge on any atom is -0.455 e. The van der Waals surface area contributed by atoms with Crippen molar-refractivity contribution in [1.29, 1.82) is 0 Å². The molecule has 1 aliphatic rings. The third-order valence-electron chi connectivity index (χ3n) is 25.1. The summed E-state index contributed by atoms with van der Waals surface area (Å²) < 4.78 is 21.7. The first-order chi connectivity index (χ1) is 60.2. The molecule has 0 radical (unpaired) electrons. The second kappa shape index (κ2) is 26.9. The molecule has 25 rings (SSSR count). The number of benzene rings is 17. The molecule has 0 fully saturated rings. The highest BCUT2D eigenvalue weighted by atomic mass is 16.3. The van der Waals surface area contributed by atoms with Crippen molar-refractivity contribution in [3.8, 4) is 130 Å². The Morgan fingerprint density at radius 2 is 0.590 bits per heavy atom. The van der Waals surface area contributed by atoms with E-state index in [4.69, 9.17) is 38.7 Å². The normalized spacial score (nSPS) is 12.6. The van der Waals surface area contributed by atoms with E-state index in [1.54, 1.807) is 0 Å². The van der Waals surface area contributed by atoms with Crippen LogP contribution in [0.25, 0.3) is 239 Å². The summed E-state index contributed by atoms with van der Waals surface area (Å²) in [6, 6.07) is 136. The van der Waals surface area contributed by atoms with E-state index in [9.17, 15) is 0 Å². The molecule has 17 aromatic carbocycles. The fraction of sp³-hybridized carbons (Fsp3) is 0.0270. The van der Waals surface area contributed by atoms with Crippen LogP contribution in [0.3, 0.4) is 0 Å². The van der Waals surface area contributed by atoms with Gasteiger partial charge in [0.05, 0.1) is 33.1 Å². The molecule has 0 aliphatic heterocycles. The first kappa shape index (κ1) is 68.9. The van der Waals surface area contributed by atoms with Crippen molar-refractivity contribution >= 4 is 109 Å². The molecule has 0 unspecified atom stereocenters. The van der Waals surface area contributed by atoms with Gasteiger partial charge in [-0.3, -0.25) is 0 Å². The van der Waals surface area contributed by atoms with Crippen LogP contribution >= 0.6 is 0 Å². The molecule has 7 aromatic heterocycles. The fourth-order valence-corrected chi connectivity index (χ4v) is 19.4.